The molecule has 4 fully saturated rings. The molecule has 34 heavy (non-hydrogen) atoms. The summed E-state index contributed by atoms with van der Waals surface area (Å²) in [4.78, 5) is 0. The van der Waals surface area contributed by atoms with Crippen LogP contribution in [-0.2, 0) is 0 Å². The third-order valence-corrected chi connectivity index (χ3v) is 11.5. The number of nitrogens with one attached hydrogen (secondary N) is 1. The average molecular weight is 458 g/mol. The van der Waals surface area contributed by atoms with E-state index in [0.29, 0.717) is 10.8 Å². The first kappa shape index (κ1) is 23.1. The molecule has 8 atom stereocenters. The standard InChI is InChI=1S/C33H47N/c1-31(2,3)34-26-16-18-32(4)25(21-26)12-13-27-29-15-14-28(33(29,5)19-17-30(27)32)24-11-10-22-8-6-7-9-23(22)20-24/h6-11,20,25-30,34H,12-19,21H2,1-5H3/t25-,26+,27-,28+,29-,30-,32-,33+/m0/s1. The fraction of sp³-hybridized carbons (Fsp3) is 0.697. The predicted octanol–water partition coefficient (Wildman–Crippen LogP) is 8.72. The van der Waals surface area contributed by atoms with Crippen molar-refractivity contribution in [3.05, 3.63) is 48.0 Å². The highest BCUT2D eigenvalue weighted by Crippen LogP contribution is 2.69. The second-order valence-corrected chi connectivity index (χ2v) is 14.3. The lowest BCUT2D eigenvalue weighted by molar-refractivity contribution is -0.110. The zero-order chi connectivity index (χ0) is 23.7. The lowest BCUT2D eigenvalue weighted by atomic mass is 9.44. The molecule has 0 saturated heterocycles. The quantitative estimate of drug-likeness (QED) is 0.475. The number of benzene rings is 2. The molecule has 0 spiro atoms. The van der Waals surface area contributed by atoms with Gasteiger partial charge in [0.25, 0.3) is 0 Å². The van der Waals surface area contributed by atoms with Crippen LogP contribution in [0.4, 0.5) is 0 Å². The van der Waals surface area contributed by atoms with Crippen LogP contribution in [0.5, 0.6) is 0 Å². The van der Waals surface area contributed by atoms with Gasteiger partial charge in [0.05, 0.1) is 0 Å². The second-order valence-electron chi connectivity index (χ2n) is 14.3. The van der Waals surface area contributed by atoms with E-state index in [9.17, 15) is 0 Å². The zero-order valence-electron chi connectivity index (χ0n) is 22.4. The monoisotopic (exact) mass is 457 g/mol. The summed E-state index contributed by atoms with van der Waals surface area (Å²) in [6.45, 7) is 12.4. The fourth-order valence-corrected chi connectivity index (χ4v) is 9.97. The van der Waals surface area contributed by atoms with E-state index >= 15 is 0 Å². The van der Waals surface area contributed by atoms with Gasteiger partial charge in [0.2, 0.25) is 0 Å². The molecule has 184 valence electrons. The Morgan fingerprint density at radius 3 is 2.29 bits per heavy atom. The van der Waals surface area contributed by atoms with Crippen LogP contribution in [0.1, 0.15) is 104 Å². The largest absolute Gasteiger partial charge is 0.309 e. The van der Waals surface area contributed by atoms with Crippen LogP contribution in [0.3, 0.4) is 0 Å². The Balaban J connectivity index is 1.23. The highest BCUT2D eigenvalue weighted by molar-refractivity contribution is 5.83. The maximum Gasteiger partial charge on any atom is 0.00991 e. The molecular formula is C33H47N. The Bertz CT molecular complexity index is 1050. The molecule has 6 rings (SSSR count). The van der Waals surface area contributed by atoms with E-state index in [-0.39, 0.29) is 5.54 Å². The summed E-state index contributed by atoms with van der Waals surface area (Å²) in [5.74, 6) is 4.56. The molecule has 4 aliphatic rings. The number of hydrogen-bond acceptors (Lipinski definition) is 1. The molecule has 4 aliphatic carbocycles. The first-order chi connectivity index (χ1) is 16.2. The van der Waals surface area contributed by atoms with Gasteiger partial charge in [-0.3, -0.25) is 0 Å². The Hall–Kier alpha value is -1.34. The molecule has 1 N–H and O–H groups in total. The Morgan fingerprint density at radius 2 is 1.50 bits per heavy atom. The molecule has 0 aliphatic heterocycles. The molecule has 0 radical (unpaired) electrons. The van der Waals surface area contributed by atoms with Crippen LogP contribution in [0.15, 0.2) is 42.5 Å². The van der Waals surface area contributed by atoms with Crippen LogP contribution in [0, 0.1) is 34.5 Å². The first-order valence-electron chi connectivity index (χ1n) is 14.4. The van der Waals surface area contributed by atoms with Crippen LogP contribution >= 0.6 is 0 Å². The van der Waals surface area contributed by atoms with Gasteiger partial charge in [-0.2, -0.15) is 0 Å². The predicted molar refractivity (Wildman–Crippen MR) is 145 cm³/mol. The van der Waals surface area contributed by atoms with Crippen LogP contribution in [0.2, 0.25) is 0 Å². The summed E-state index contributed by atoms with van der Waals surface area (Å²) in [6.07, 6.45) is 13.0. The zero-order valence-corrected chi connectivity index (χ0v) is 22.4. The van der Waals surface area contributed by atoms with Crippen molar-refractivity contribution in [2.24, 2.45) is 34.5 Å². The van der Waals surface area contributed by atoms with E-state index in [2.05, 4.69) is 82.4 Å². The van der Waals surface area contributed by atoms with Crippen LogP contribution < -0.4 is 5.32 Å². The number of hydrogen-bond donors (Lipinski definition) is 1. The smallest absolute Gasteiger partial charge is 0.00991 e. The van der Waals surface area contributed by atoms with E-state index in [1.165, 1.54) is 68.6 Å². The van der Waals surface area contributed by atoms with Crippen molar-refractivity contribution >= 4 is 10.8 Å². The summed E-state index contributed by atoms with van der Waals surface area (Å²) >= 11 is 0. The summed E-state index contributed by atoms with van der Waals surface area (Å²) in [5.41, 5.74) is 2.94. The third-order valence-electron chi connectivity index (χ3n) is 11.5. The Labute approximate surface area is 208 Å². The third kappa shape index (κ3) is 3.68. The molecule has 4 saturated carbocycles. The molecular weight excluding hydrogens is 410 g/mol. The van der Waals surface area contributed by atoms with E-state index < -0.39 is 0 Å². The van der Waals surface area contributed by atoms with Gasteiger partial charge in [0.1, 0.15) is 0 Å². The van der Waals surface area contributed by atoms with Gasteiger partial charge >= 0.3 is 0 Å². The average Bonchev–Trinajstić information content (AvgIpc) is 3.15. The fourth-order valence-electron chi connectivity index (χ4n) is 9.97. The molecule has 2 aromatic rings. The van der Waals surface area contributed by atoms with Gasteiger partial charge in [0.15, 0.2) is 0 Å². The van der Waals surface area contributed by atoms with Gasteiger partial charge in [-0.25, -0.2) is 0 Å². The van der Waals surface area contributed by atoms with Crippen molar-refractivity contribution in [2.45, 2.75) is 110 Å². The van der Waals surface area contributed by atoms with Gasteiger partial charge in [-0.05, 0) is 135 Å². The molecule has 1 heteroatoms. The van der Waals surface area contributed by atoms with E-state index in [0.717, 1.165) is 35.6 Å². The van der Waals surface area contributed by atoms with Gasteiger partial charge in [0, 0.05) is 11.6 Å². The SMILES string of the molecule is CC(C)(C)N[C@@H]1CC[C@@]2(C)[C@@H](CC[C@@H]3[C@@H]2CC[C@]2(C)[C@@H](c4ccc5ccccc5c4)CC[C@@H]32)C1. The van der Waals surface area contributed by atoms with Crippen molar-refractivity contribution in [3.63, 3.8) is 0 Å². The summed E-state index contributed by atoms with van der Waals surface area (Å²) < 4.78 is 0. The van der Waals surface area contributed by atoms with Crippen molar-refractivity contribution in [1.82, 2.24) is 5.32 Å². The Kier molecular flexibility index (Phi) is 5.49. The summed E-state index contributed by atoms with van der Waals surface area (Å²) in [7, 11) is 0. The maximum absolute atomic E-state index is 3.96. The topological polar surface area (TPSA) is 12.0 Å². The molecule has 0 unspecified atom stereocenters. The molecule has 0 bridgehead atoms. The minimum Gasteiger partial charge on any atom is -0.309 e. The molecule has 0 heterocycles. The number of rotatable bonds is 2. The highest BCUT2D eigenvalue weighted by atomic mass is 15.0. The van der Waals surface area contributed by atoms with Crippen molar-refractivity contribution in [3.8, 4) is 0 Å². The minimum atomic E-state index is 0.240. The van der Waals surface area contributed by atoms with Gasteiger partial charge < -0.3 is 5.32 Å². The highest BCUT2D eigenvalue weighted by Gasteiger charge is 2.60. The minimum absolute atomic E-state index is 0.240. The number of fused-ring (bicyclic) bond motifs is 6. The van der Waals surface area contributed by atoms with Gasteiger partial charge in [-0.1, -0.05) is 56.3 Å². The van der Waals surface area contributed by atoms with Crippen molar-refractivity contribution < 1.29 is 0 Å². The van der Waals surface area contributed by atoms with Crippen molar-refractivity contribution in [1.29, 1.82) is 0 Å². The maximum atomic E-state index is 3.96. The van der Waals surface area contributed by atoms with Crippen LogP contribution in [0.25, 0.3) is 10.8 Å². The normalized spacial score (nSPS) is 42.1. The summed E-state index contributed by atoms with van der Waals surface area (Å²) in [5, 5.41) is 6.77. The van der Waals surface area contributed by atoms with Crippen LogP contribution in [-0.4, -0.2) is 11.6 Å². The molecule has 0 amide bonds. The van der Waals surface area contributed by atoms with Gasteiger partial charge in [-0.15, -0.1) is 0 Å². The Morgan fingerprint density at radius 1 is 0.765 bits per heavy atom. The molecule has 1 nitrogen and oxygen atoms in total. The molecule has 0 aromatic heterocycles. The summed E-state index contributed by atoms with van der Waals surface area (Å²) in [6, 6.07) is 17.0. The lowest BCUT2D eigenvalue weighted by Crippen LogP contribution is -2.56. The second kappa shape index (κ2) is 8.09. The van der Waals surface area contributed by atoms with E-state index in [1.807, 2.05) is 0 Å². The molecule has 2 aromatic carbocycles. The van der Waals surface area contributed by atoms with E-state index in [4.69, 9.17) is 0 Å². The van der Waals surface area contributed by atoms with E-state index in [1.54, 1.807) is 5.56 Å². The van der Waals surface area contributed by atoms with Crippen molar-refractivity contribution in [2.75, 3.05) is 0 Å². The lowest BCUT2D eigenvalue weighted by Gasteiger charge is -2.61. The first-order valence-corrected chi connectivity index (χ1v) is 14.4.